The Morgan fingerprint density at radius 2 is 2.40 bits per heavy atom. The van der Waals surface area contributed by atoms with Crippen molar-refractivity contribution in [3.05, 3.63) is 15.2 Å². The number of hydrogen-bond donors (Lipinski definition) is 1. The van der Waals surface area contributed by atoms with Gasteiger partial charge in [-0.25, -0.2) is 4.98 Å². The van der Waals surface area contributed by atoms with Gasteiger partial charge in [0, 0.05) is 11.4 Å². The molecule has 0 saturated heterocycles. The van der Waals surface area contributed by atoms with Crippen LogP contribution in [0.1, 0.15) is 23.9 Å². The molecular weight excluding hydrogens is 228 g/mol. The number of aromatic amines is 1. The minimum atomic E-state index is 0.535. The lowest BCUT2D eigenvalue weighted by molar-refractivity contribution is 0.733. The summed E-state index contributed by atoms with van der Waals surface area (Å²) in [5.74, 6) is 0.881. The third-order valence-electron chi connectivity index (χ3n) is 2.46. The number of nitrogens with one attached hydrogen (secondary N) is 1. The predicted octanol–water partition coefficient (Wildman–Crippen LogP) is 2.71. The molecule has 4 nitrogen and oxygen atoms in total. The predicted molar refractivity (Wildman–Crippen MR) is 61.5 cm³/mol. The van der Waals surface area contributed by atoms with Gasteiger partial charge in [0.05, 0.1) is 5.01 Å². The molecule has 0 unspecified atom stereocenters. The summed E-state index contributed by atoms with van der Waals surface area (Å²) in [5, 5.41) is 10.2. The first-order valence-corrected chi connectivity index (χ1v) is 6.14. The Labute approximate surface area is 96.0 Å². The molecule has 0 amide bonds. The molecule has 1 N–H and O–H groups in total. The van der Waals surface area contributed by atoms with Crippen LogP contribution in [0.5, 0.6) is 0 Å². The van der Waals surface area contributed by atoms with Gasteiger partial charge in [0.15, 0.2) is 10.6 Å². The van der Waals surface area contributed by atoms with E-state index in [0.29, 0.717) is 10.8 Å². The number of aryl methyl sites for hydroxylation is 1. The van der Waals surface area contributed by atoms with E-state index in [2.05, 4.69) is 19.7 Å². The van der Waals surface area contributed by atoms with Crippen LogP contribution in [0.4, 0.5) is 0 Å². The Bertz CT molecular complexity index is 546. The van der Waals surface area contributed by atoms with Gasteiger partial charge in [-0.05, 0) is 32.0 Å². The molecule has 15 heavy (non-hydrogen) atoms. The fourth-order valence-corrected chi connectivity index (χ4v) is 2.50. The number of H-pyrrole nitrogens is 1. The van der Waals surface area contributed by atoms with Crippen molar-refractivity contribution in [3.63, 3.8) is 0 Å². The highest BCUT2D eigenvalue weighted by Gasteiger charge is 2.28. The summed E-state index contributed by atoms with van der Waals surface area (Å²) in [6.07, 6.45) is 2.40. The van der Waals surface area contributed by atoms with Gasteiger partial charge >= 0.3 is 0 Å². The van der Waals surface area contributed by atoms with Gasteiger partial charge in [-0.2, -0.15) is 5.10 Å². The summed E-state index contributed by atoms with van der Waals surface area (Å²) in [7, 11) is 0. The van der Waals surface area contributed by atoms with Crippen LogP contribution >= 0.6 is 23.6 Å². The molecule has 0 aliphatic heterocycles. The molecule has 6 heteroatoms. The molecule has 3 rings (SSSR count). The Morgan fingerprint density at radius 3 is 3.00 bits per heavy atom. The van der Waals surface area contributed by atoms with Crippen molar-refractivity contribution in [2.24, 2.45) is 0 Å². The molecule has 2 aromatic heterocycles. The molecule has 0 radical (unpaired) electrons. The number of nitrogens with zero attached hydrogens (tertiary/aromatic N) is 3. The van der Waals surface area contributed by atoms with Crippen LogP contribution in [-0.2, 0) is 0 Å². The van der Waals surface area contributed by atoms with Crippen molar-refractivity contribution < 1.29 is 0 Å². The van der Waals surface area contributed by atoms with Gasteiger partial charge in [-0.3, -0.25) is 9.67 Å². The molecule has 0 atom stereocenters. The van der Waals surface area contributed by atoms with Crippen LogP contribution in [-0.4, -0.2) is 19.7 Å². The Hall–Kier alpha value is -1.01. The van der Waals surface area contributed by atoms with Gasteiger partial charge in [-0.1, -0.05) is 0 Å². The maximum Gasteiger partial charge on any atom is 0.195 e. The molecule has 1 aliphatic rings. The molecule has 1 saturated carbocycles. The molecule has 0 bridgehead atoms. The summed E-state index contributed by atoms with van der Waals surface area (Å²) >= 11 is 6.85. The number of aromatic nitrogens is 4. The zero-order chi connectivity index (χ0) is 10.4. The van der Waals surface area contributed by atoms with Gasteiger partial charge in [0.25, 0.3) is 0 Å². The van der Waals surface area contributed by atoms with Crippen LogP contribution in [0, 0.1) is 11.7 Å². The first-order valence-electron chi connectivity index (χ1n) is 4.85. The lowest BCUT2D eigenvalue weighted by atomic mass is 10.4. The fraction of sp³-hybridized carbons (Fsp3) is 0.444. The van der Waals surface area contributed by atoms with Gasteiger partial charge in [-0.15, -0.1) is 11.3 Å². The Morgan fingerprint density at radius 1 is 1.60 bits per heavy atom. The van der Waals surface area contributed by atoms with Crippen LogP contribution in [0.15, 0.2) is 5.38 Å². The van der Waals surface area contributed by atoms with E-state index in [1.807, 2.05) is 12.3 Å². The van der Waals surface area contributed by atoms with Crippen LogP contribution in [0.2, 0.25) is 0 Å². The summed E-state index contributed by atoms with van der Waals surface area (Å²) in [5.41, 5.74) is 0.928. The molecule has 0 spiro atoms. The van der Waals surface area contributed by atoms with Gasteiger partial charge in [0.2, 0.25) is 0 Å². The quantitative estimate of drug-likeness (QED) is 0.818. The Kier molecular flexibility index (Phi) is 2.00. The normalized spacial score (nSPS) is 15.8. The topological polar surface area (TPSA) is 46.5 Å². The highest BCUT2D eigenvalue weighted by molar-refractivity contribution is 7.71. The molecule has 0 aromatic carbocycles. The minimum absolute atomic E-state index is 0.535. The number of hydrogen-bond acceptors (Lipinski definition) is 4. The monoisotopic (exact) mass is 238 g/mol. The molecule has 2 aromatic rings. The second-order valence-electron chi connectivity index (χ2n) is 3.71. The molecule has 2 heterocycles. The summed E-state index contributed by atoms with van der Waals surface area (Å²) in [6.45, 7) is 2.00. The van der Waals surface area contributed by atoms with E-state index in [9.17, 15) is 0 Å². The number of rotatable bonds is 2. The highest BCUT2D eigenvalue weighted by Crippen LogP contribution is 2.38. The van der Waals surface area contributed by atoms with Crippen LogP contribution in [0.25, 0.3) is 11.5 Å². The van der Waals surface area contributed by atoms with E-state index in [-0.39, 0.29) is 0 Å². The highest BCUT2D eigenvalue weighted by atomic mass is 32.1. The average Bonchev–Trinajstić information content (AvgIpc) is 2.84. The summed E-state index contributed by atoms with van der Waals surface area (Å²) in [4.78, 5) is 4.43. The van der Waals surface area contributed by atoms with E-state index < -0.39 is 0 Å². The first-order chi connectivity index (χ1) is 7.25. The first kappa shape index (κ1) is 9.23. The Balaban J connectivity index is 2.15. The smallest absolute Gasteiger partial charge is 0.195 e. The summed E-state index contributed by atoms with van der Waals surface area (Å²) < 4.78 is 2.79. The SMILES string of the molecule is Cc1nc(-c2n[nH]c(=S)n2C2CC2)cs1. The second kappa shape index (κ2) is 3.24. The number of thiazole rings is 1. The van der Waals surface area contributed by atoms with Crippen LogP contribution < -0.4 is 0 Å². The third kappa shape index (κ3) is 1.53. The average molecular weight is 238 g/mol. The zero-order valence-electron chi connectivity index (χ0n) is 8.23. The summed E-state index contributed by atoms with van der Waals surface area (Å²) in [6, 6.07) is 0.535. The zero-order valence-corrected chi connectivity index (χ0v) is 9.86. The molecule has 1 fully saturated rings. The van der Waals surface area contributed by atoms with E-state index >= 15 is 0 Å². The lowest BCUT2D eigenvalue weighted by Crippen LogP contribution is -1.97. The molecular formula is C9H10N4S2. The third-order valence-corrected chi connectivity index (χ3v) is 3.53. The standard InChI is InChI=1S/C9H10N4S2/c1-5-10-7(4-15-5)8-11-12-9(14)13(8)6-2-3-6/h4,6H,2-3H2,1H3,(H,12,14). The van der Waals surface area contributed by atoms with Crippen molar-refractivity contribution >= 4 is 23.6 Å². The molecule has 78 valence electrons. The lowest BCUT2D eigenvalue weighted by Gasteiger charge is -2.00. The van der Waals surface area contributed by atoms with Crippen molar-refractivity contribution in [2.75, 3.05) is 0 Å². The van der Waals surface area contributed by atoms with Crippen molar-refractivity contribution in [1.29, 1.82) is 0 Å². The van der Waals surface area contributed by atoms with Gasteiger partial charge in [0.1, 0.15) is 5.69 Å². The van der Waals surface area contributed by atoms with Crippen LogP contribution in [0.3, 0.4) is 0 Å². The minimum Gasteiger partial charge on any atom is -0.296 e. The van der Waals surface area contributed by atoms with E-state index in [0.717, 1.165) is 16.5 Å². The fourth-order valence-electron chi connectivity index (χ4n) is 1.62. The van der Waals surface area contributed by atoms with Crippen molar-refractivity contribution in [2.45, 2.75) is 25.8 Å². The van der Waals surface area contributed by atoms with E-state index in [4.69, 9.17) is 12.2 Å². The van der Waals surface area contributed by atoms with Crippen molar-refractivity contribution in [3.8, 4) is 11.5 Å². The largest absolute Gasteiger partial charge is 0.296 e. The maximum atomic E-state index is 5.22. The second-order valence-corrected chi connectivity index (χ2v) is 5.15. The maximum absolute atomic E-state index is 5.22. The van der Waals surface area contributed by atoms with E-state index in [1.54, 1.807) is 11.3 Å². The molecule has 1 aliphatic carbocycles. The van der Waals surface area contributed by atoms with Crippen molar-refractivity contribution in [1.82, 2.24) is 19.7 Å². The van der Waals surface area contributed by atoms with Gasteiger partial charge < -0.3 is 0 Å². The van der Waals surface area contributed by atoms with E-state index in [1.165, 1.54) is 12.8 Å².